The van der Waals surface area contributed by atoms with E-state index in [1.807, 2.05) is 0 Å². The smallest absolute Gasteiger partial charge is 0.365 e. The molecule has 0 aromatic carbocycles. The Hall–Kier alpha value is -0.360. The van der Waals surface area contributed by atoms with Gasteiger partial charge in [0.05, 0.1) is 0 Å². The fourth-order valence-electron chi connectivity index (χ4n) is 0.105. The van der Waals surface area contributed by atoms with Gasteiger partial charge in [-0.1, -0.05) is 0 Å². The topological polar surface area (TPSA) is 46.2 Å². The van der Waals surface area contributed by atoms with Gasteiger partial charge in [-0.3, -0.25) is 5.73 Å². The third-order valence-corrected chi connectivity index (χ3v) is 0.686. The fraction of sp³-hybridized carbons (Fsp3) is 1.00. The van der Waals surface area contributed by atoms with Crippen molar-refractivity contribution in [3.05, 3.63) is 0 Å². The van der Waals surface area contributed by atoms with E-state index in [4.69, 9.17) is 5.11 Å². The third kappa shape index (κ3) is 1.79. The van der Waals surface area contributed by atoms with Crippen LogP contribution in [0.15, 0.2) is 0 Å². The number of hydrogen-bond donors (Lipinski definition) is 2. The summed E-state index contributed by atoms with van der Waals surface area (Å²) in [6.45, 7) is -1.95. The van der Waals surface area contributed by atoms with E-state index in [9.17, 15) is 17.6 Å². The van der Waals surface area contributed by atoms with E-state index in [0.29, 0.717) is 0 Å². The van der Waals surface area contributed by atoms with Crippen LogP contribution in [0.4, 0.5) is 17.6 Å². The zero-order valence-electron chi connectivity index (χ0n) is 4.24. The molecule has 0 saturated carbocycles. The maximum atomic E-state index is 11.5. The molecule has 0 heterocycles. The molecule has 0 aromatic rings. The summed E-state index contributed by atoms with van der Waals surface area (Å²) in [6.07, 6.45) is 0. The zero-order chi connectivity index (χ0) is 7.71. The first kappa shape index (κ1) is 8.64. The first-order valence-corrected chi connectivity index (χ1v) is 1.96. The predicted molar refractivity (Wildman–Crippen MR) is 21.2 cm³/mol. The van der Waals surface area contributed by atoms with E-state index in [-0.39, 0.29) is 0 Å². The highest BCUT2D eigenvalue weighted by Gasteiger charge is 2.52. The van der Waals surface area contributed by atoms with E-state index in [1.165, 1.54) is 0 Å². The van der Waals surface area contributed by atoms with Gasteiger partial charge in [0, 0.05) is 0 Å². The van der Waals surface area contributed by atoms with Crippen molar-refractivity contribution in [3.63, 3.8) is 0 Å². The molecule has 9 heavy (non-hydrogen) atoms. The molecule has 0 atom stereocenters. The third-order valence-electron chi connectivity index (χ3n) is 0.686. The second kappa shape index (κ2) is 2.11. The van der Waals surface area contributed by atoms with Crippen molar-refractivity contribution < 1.29 is 22.7 Å². The molecule has 0 saturated heterocycles. The van der Waals surface area contributed by atoms with Crippen LogP contribution in [0.3, 0.4) is 0 Å². The normalized spacial score (nSPS) is 14.0. The molecule has 2 nitrogen and oxygen atoms in total. The number of aliphatic hydroxyl groups excluding tert-OH is 1. The number of nitrogens with two attached hydrogens (primary N) is 1. The van der Waals surface area contributed by atoms with Crippen LogP contribution in [0.2, 0.25) is 0 Å². The first-order valence-electron chi connectivity index (χ1n) is 1.96. The van der Waals surface area contributed by atoms with Gasteiger partial charge < -0.3 is 5.11 Å². The van der Waals surface area contributed by atoms with E-state index in [2.05, 4.69) is 5.73 Å². The standard InChI is InChI=1S/C3H5F4NO/c4-2(5,1-9)3(6,7)8/h9H,1,8H2. The molecule has 0 rings (SSSR count). The minimum Gasteiger partial charge on any atom is -0.390 e. The lowest BCUT2D eigenvalue weighted by Gasteiger charge is -2.19. The molecule has 56 valence electrons. The van der Waals surface area contributed by atoms with Gasteiger partial charge in [-0.15, -0.1) is 0 Å². The van der Waals surface area contributed by atoms with Crippen LogP contribution in [0, 0.1) is 0 Å². The highest BCUT2D eigenvalue weighted by Crippen LogP contribution is 2.28. The molecule has 0 aliphatic carbocycles. The van der Waals surface area contributed by atoms with Crippen LogP contribution in [0.25, 0.3) is 0 Å². The molecule has 0 bridgehead atoms. The maximum Gasteiger partial charge on any atom is 0.365 e. The summed E-state index contributed by atoms with van der Waals surface area (Å²) in [4.78, 5) is 0. The lowest BCUT2D eigenvalue weighted by molar-refractivity contribution is -0.221. The van der Waals surface area contributed by atoms with Crippen LogP contribution in [-0.4, -0.2) is 23.7 Å². The summed E-state index contributed by atoms with van der Waals surface area (Å²) in [5.74, 6) is -4.52. The Labute approximate surface area is 48.3 Å². The van der Waals surface area contributed by atoms with Crippen molar-refractivity contribution in [1.29, 1.82) is 0 Å². The molecular formula is C3H5F4NO. The number of rotatable bonds is 2. The monoisotopic (exact) mass is 147 g/mol. The Kier molecular flexibility index (Phi) is 2.02. The van der Waals surface area contributed by atoms with Gasteiger partial charge in [0.15, 0.2) is 0 Å². The molecule has 0 aromatic heterocycles. The molecule has 0 radical (unpaired) electrons. The Bertz CT molecular complexity index is 98.5. The summed E-state index contributed by atoms with van der Waals surface area (Å²) in [5.41, 5.74) is 3.68. The quantitative estimate of drug-likeness (QED) is 0.432. The second-order valence-electron chi connectivity index (χ2n) is 1.49. The summed E-state index contributed by atoms with van der Waals surface area (Å²) >= 11 is 0. The second-order valence-corrected chi connectivity index (χ2v) is 1.49. The van der Waals surface area contributed by atoms with E-state index >= 15 is 0 Å². The van der Waals surface area contributed by atoms with Crippen LogP contribution in [-0.2, 0) is 0 Å². The van der Waals surface area contributed by atoms with E-state index < -0.39 is 18.6 Å². The van der Waals surface area contributed by atoms with Crippen LogP contribution in [0.5, 0.6) is 0 Å². The minimum absolute atomic E-state index is 1.95. The van der Waals surface area contributed by atoms with Crippen LogP contribution < -0.4 is 5.73 Å². The molecule has 0 unspecified atom stereocenters. The number of aliphatic hydroxyl groups is 1. The Morgan fingerprint density at radius 1 is 1.22 bits per heavy atom. The number of hydrogen-bond acceptors (Lipinski definition) is 2. The predicted octanol–water partition coefficient (Wildman–Crippen LogP) is 0.166. The molecule has 0 aliphatic heterocycles. The molecule has 3 N–H and O–H groups in total. The summed E-state index contributed by atoms with van der Waals surface area (Å²) in [7, 11) is 0. The molecular weight excluding hydrogens is 142 g/mol. The van der Waals surface area contributed by atoms with Crippen molar-refractivity contribution in [2.24, 2.45) is 5.73 Å². The van der Waals surface area contributed by atoms with Gasteiger partial charge in [0.2, 0.25) is 0 Å². The minimum atomic E-state index is -4.64. The average Bonchev–Trinajstić information content (AvgIpc) is 1.64. The molecule has 0 spiro atoms. The maximum absolute atomic E-state index is 11.5. The van der Waals surface area contributed by atoms with Crippen molar-refractivity contribution in [2.45, 2.75) is 12.0 Å². The first-order chi connectivity index (χ1) is 3.81. The highest BCUT2D eigenvalue weighted by molar-refractivity contribution is 4.77. The van der Waals surface area contributed by atoms with Crippen molar-refractivity contribution in [3.8, 4) is 0 Å². The number of halogens is 4. The SMILES string of the molecule is NC(F)(F)C(F)(F)CO. The van der Waals surface area contributed by atoms with E-state index in [0.717, 1.165) is 0 Å². The van der Waals surface area contributed by atoms with Crippen LogP contribution in [0.1, 0.15) is 0 Å². The number of alkyl halides is 4. The molecule has 0 fully saturated rings. The lowest BCUT2D eigenvalue weighted by Crippen LogP contribution is -2.50. The van der Waals surface area contributed by atoms with Crippen molar-refractivity contribution in [1.82, 2.24) is 0 Å². The van der Waals surface area contributed by atoms with E-state index in [1.54, 1.807) is 0 Å². The van der Waals surface area contributed by atoms with Gasteiger partial charge in [-0.2, -0.15) is 17.6 Å². The Morgan fingerprint density at radius 2 is 1.56 bits per heavy atom. The van der Waals surface area contributed by atoms with Gasteiger partial charge in [0.25, 0.3) is 0 Å². The highest BCUT2D eigenvalue weighted by atomic mass is 19.3. The van der Waals surface area contributed by atoms with Gasteiger partial charge in [0.1, 0.15) is 6.61 Å². The van der Waals surface area contributed by atoms with Gasteiger partial charge >= 0.3 is 12.0 Å². The lowest BCUT2D eigenvalue weighted by atomic mass is 10.3. The summed E-state index contributed by atoms with van der Waals surface area (Å²) < 4.78 is 45.8. The van der Waals surface area contributed by atoms with Crippen LogP contribution >= 0.6 is 0 Å². The average molecular weight is 147 g/mol. The summed E-state index contributed by atoms with van der Waals surface area (Å²) in [5, 5.41) is 7.62. The largest absolute Gasteiger partial charge is 0.390 e. The van der Waals surface area contributed by atoms with Gasteiger partial charge in [-0.05, 0) is 0 Å². The van der Waals surface area contributed by atoms with Crippen molar-refractivity contribution in [2.75, 3.05) is 6.61 Å². The van der Waals surface area contributed by atoms with Crippen molar-refractivity contribution >= 4 is 0 Å². The Balaban J connectivity index is 4.14. The fourth-order valence-corrected chi connectivity index (χ4v) is 0.105. The van der Waals surface area contributed by atoms with Gasteiger partial charge in [-0.25, -0.2) is 0 Å². The Morgan fingerprint density at radius 3 is 1.56 bits per heavy atom. The molecule has 0 amide bonds. The molecule has 0 aliphatic rings. The molecule has 6 heteroatoms. The zero-order valence-corrected chi connectivity index (χ0v) is 4.24. The summed E-state index contributed by atoms with van der Waals surface area (Å²) in [6, 6.07) is -4.64.